The standard InChI is InChI=1S/C14H16N2O3/c1-2-9(8-17)16-14(19)11-7-15-12-6-4-3-5-10(12)13(11)18/h3-7,9,17H,2,8H2,1H3,(H,15,18)(H,16,19)/t9-/m0/s1. The number of amides is 1. The van der Waals surface area contributed by atoms with E-state index in [2.05, 4.69) is 10.3 Å². The fourth-order valence-corrected chi connectivity index (χ4v) is 1.88. The number of nitrogens with one attached hydrogen (secondary N) is 2. The number of aliphatic hydroxyl groups excluding tert-OH is 1. The summed E-state index contributed by atoms with van der Waals surface area (Å²) in [6.07, 6.45) is 2.01. The number of carbonyl (C=O) groups is 1. The van der Waals surface area contributed by atoms with Crippen LogP contribution >= 0.6 is 0 Å². The summed E-state index contributed by atoms with van der Waals surface area (Å²) in [4.78, 5) is 27.1. The molecule has 19 heavy (non-hydrogen) atoms. The number of aromatic nitrogens is 1. The largest absolute Gasteiger partial charge is 0.394 e. The molecule has 1 atom stereocenters. The van der Waals surface area contributed by atoms with Crippen LogP contribution in [0.2, 0.25) is 0 Å². The molecule has 1 heterocycles. The molecule has 0 saturated heterocycles. The zero-order chi connectivity index (χ0) is 13.8. The van der Waals surface area contributed by atoms with Gasteiger partial charge in [-0.1, -0.05) is 19.1 Å². The van der Waals surface area contributed by atoms with Gasteiger partial charge < -0.3 is 15.4 Å². The lowest BCUT2D eigenvalue weighted by molar-refractivity contribution is 0.0913. The molecule has 0 unspecified atom stereocenters. The Morgan fingerprint density at radius 2 is 2.16 bits per heavy atom. The zero-order valence-corrected chi connectivity index (χ0v) is 10.6. The number of benzene rings is 1. The van der Waals surface area contributed by atoms with E-state index >= 15 is 0 Å². The van der Waals surface area contributed by atoms with Crippen molar-refractivity contribution < 1.29 is 9.90 Å². The fourth-order valence-electron chi connectivity index (χ4n) is 1.88. The van der Waals surface area contributed by atoms with Crippen LogP contribution in [0.15, 0.2) is 35.3 Å². The van der Waals surface area contributed by atoms with Gasteiger partial charge in [0.1, 0.15) is 5.56 Å². The first-order valence-electron chi connectivity index (χ1n) is 6.19. The summed E-state index contributed by atoms with van der Waals surface area (Å²) in [5, 5.41) is 12.2. The predicted octanol–water partition coefficient (Wildman–Crippen LogP) is 1.03. The van der Waals surface area contributed by atoms with Crippen molar-refractivity contribution in [3.63, 3.8) is 0 Å². The Bertz CT molecular complexity index is 644. The van der Waals surface area contributed by atoms with E-state index in [1.165, 1.54) is 6.20 Å². The highest BCUT2D eigenvalue weighted by atomic mass is 16.3. The number of rotatable bonds is 4. The van der Waals surface area contributed by atoms with Gasteiger partial charge in [-0.25, -0.2) is 0 Å². The molecule has 0 radical (unpaired) electrons. The van der Waals surface area contributed by atoms with E-state index in [1.807, 2.05) is 13.0 Å². The minimum atomic E-state index is -0.465. The van der Waals surface area contributed by atoms with Crippen molar-refractivity contribution in [2.75, 3.05) is 6.61 Å². The zero-order valence-electron chi connectivity index (χ0n) is 10.6. The number of H-pyrrole nitrogens is 1. The van der Waals surface area contributed by atoms with Gasteiger partial charge in [0, 0.05) is 17.1 Å². The van der Waals surface area contributed by atoms with E-state index in [0.717, 1.165) is 0 Å². The fraction of sp³-hybridized carbons (Fsp3) is 0.286. The van der Waals surface area contributed by atoms with Gasteiger partial charge >= 0.3 is 0 Å². The second kappa shape index (κ2) is 5.67. The molecule has 0 aliphatic carbocycles. The van der Waals surface area contributed by atoms with Crippen molar-refractivity contribution >= 4 is 16.8 Å². The minimum Gasteiger partial charge on any atom is -0.394 e. The minimum absolute atomic E-state index is 0.0607. The molecule has 1 amide bonds. The van der Waals surface area contributed by atoms with Crippen LogP contribution in [0.5, 0.6) is 0 Å². The van der Waals surface area contributed by atoms with Gasteiger partial charge in [-0.3, -0.25) is 9.59 Å². The molecule has 0 spiro atoms. The first kappa shape index (κ1) is 13.3. The molecule has 0 bridgehead atoms. The van der Waals surface area contributed by atoms with Crippen LogP contribution in [0.1, 0.15) is 23.7 Å². The number of para-hydroxylation sites is 1. The van der Waals surface area contributed by atoms with Crippen LogP contribution in [0.3, 0.4) is 0 Å². The van der Waals surface area contributed by atoms with Crippen molar-refractivity contribution in [1.29, 1.82) is 0 Å². The van der Waals surface area contributed by atoms with Crippen LogP contribution in [0, 0.1) is 0 Å². The van der Waals surface area contributed by atoms with Crippen LogP contribution in [0.4, 0.5) is 0 Å². The summed E-state index contributed by atoms with van der Waals surface area (Å²) < 4.78 is 0. The van der Waals surface area contributed by atoms with Gasteiger partial charge in [0.25, 0.3) is 5.91 Å². The number of hydrogen-bond donors (Lipinski definition) is 3. The Kier molecular flexibility index (Phi) is 3.97. The van der Waals surface area contributed by atoms with E-state index in [1.54, 1.807) is 18.2 Å². The Hall–Kier alpha value is -2.14. The van der Waals surface area contributed by atoms with Gasteiger partial charge in [0.2, 0.25) is 5.43 Å². The molecular weight excluding hydrogens is 244 g/mol. The number of aliphatic hydroxyl groups is 1. The summed E-state index contributed by atoms with van der Waals surface area (Å²) >= 11 is 0. The summed E-state index contributed by atoms with van der Waals surface area (Å²) in [5.41, 5.74) is 0.448. The molecule has 0 fully saturated rings. The van der Waals surface area contributed by atoms with Crippen molar-refractivity contribution in [2.45, 2.75) is 19.4 Å². The molecule has 0 aliphatic rings. The summed E-state index contributed by atoms with van der Waals surface area (Å²) in [7, 11) is 0. The van der Waals surface area contributed by atoms with Gasteiger partial charge in [-0.05, 0) is 18.6 Å². The van der Waals surface area contributed by atoms with E-state index in [9.17, 15) is 9.59 Å². The third-order valence-corrected chi connectivity index (χ3v) is 3.08. The maximum Gasteiger partial charge on any atom is 0.257 e. The number of pyridine rings is 1. The third-order valence-electron chi connectivity index (χ3n) is 3.08. The van der Waals surface area contributed by atoms with E-state index in [0.29, 0.717) is 17.3 Å². The molecule has 100 valence electrons. The van der Waals surface area contributed by atoms with E-state index in [4.69, 9.17) is 5.11 Å². The molecular formula is C14H16N2O3. The lowest BCUT2D eigenvalue weighted by atomic mass is 10.1. The average molecular weight is 260 g/mol. The SMILES string of the molecule is CC[C@@H](CO)NC(=O)c1c[nH]c2ccccc2c1=O. The van der Waals surface area contributed by atoms with Crippen molar-refractivity contribution in [1.82, 2.24) is 10.3 Å². The van der Waals surface area contributed by atoms with Crippen molar-refractivity contribution in [3.05, 3.63) is 46.2 Å². The normalized spacial score (nSPS) is 12.3. The summed E-state index contributed by atoms with van der Waals surface area (Å²) in [6.45, 7) is 1.71. The third kappa shape index (κ3) is 2.66. The monoisotopic (exact) mass is 260 g/mol. The second-order valence-electron chi connectivity index (χ2n) is 4.34. The molecule has 2 aromatic rings. The van der Waals surface area contributed by atoms with Crippen LogP contribution < -0.4 is 10.7 Å². The molecule has 5 heteroatoms. The highest BCUT2D eigenvalue weighted by Gasteiger charge is 2.15. The van der Waals surface area contributed by atoms with Gasteiger partial charge in [-0.2, -0.15) is 0 Å². The number of hydrogen-bond acceptors (Lipinski definition) is 3. The maximum absolute atomic E-state index is 12.2. The van der Waals surface area contributed by atoms with Crippen LogP contribution in [-0.4, -0.2) is 28.6 Å². The molecule has 0 aliphatic heterocycles. The highest BCUT2D eigenvalue weighted by molar-refractivity contribution is 5.97. The molecule has 1 aromatic carbocycles. The Balaban J connectivity index is 2.38. The molecule has 3 N–H and O–H groups in total. The molecule has 0 saturated carbocycles. The molecule has 1 aromatic heterocycles. The lowest BCUT2D eigenvalue weighted by Gasteiger charge is -2.13. The summed E-state index contributed by atoms with van der Waals surface area (Å²) in [6, 6.07) is 6.69. The maximum atomic E-state index is 12.2. The van der Waals surface area contributed by atoms with Crippen LogP contribution in [0.25, 0.3) is 10.9 Å². The Labute approximate surface area is 110 Å². The lowest BCUT2D eigenvalue weighted by Crippen LogP contribution is -2.39. The number of aromatic amines is 1. The predicted molar refractivity (Wildman–Crippen MR) is 73.2 cm³/mol. The first-order chi connectivity index (χ1) is 9.17. The van der Waals surface area contributed by atoms with Crippen molar-refractivity contribution in [3.8, 4) is 0 Å². The quantitative estimate of drug-likeness (QED) is 0.768. The smallest absolute Gasteiger partial charge is 0.257 e. The Morgan fingerprint density at radius 3 is 2.84 bits per heavy atom. The number of fused-ring (bicyclic) bond motifs is 1. The van der Waals surface area contributed by atoms with Gasteiger partial charge in [0.15, 0.2) is 0 Å². The summed E-state index contributed by atoms with van der Waals surface area (Å²) in [5.74, 6) is -0.465. The topological polar surface area (TPSA) is 82.2 Å². The highest BCUT2D eigenvalue weighted by Crippen LogP contribution is 2.07. The van der Waals surface area contributed by atoms with Crippen LogP contribution in [-0.2, 0) is 0 Å². The Morgan fingerprint density at radius 1 is 1.42 bits per heavy atom. The van der Waals surface area contributed by atoms with Crippen molar-refractivity contribution in [2.24, 2.45) is 0 Å². The average Bonchev–Trinajstić information content (AvgIpc) is 2.45. The molecule has 2 rings (SSSR count). The van der Waals surface area contributed by atoms with Gasteiger partial charge in [0.05, 0.1) is 12.6 Å². The number of carbonyl (C=O) groups excluding carboxylic acids is 1. The van der Waals surface area contributed by atoms with Gasteiger partial charge in [-0.15, -0.1) is 0 Å². The van der Waals surface area contributed by atoms with E-state index < -0.39 is 5.91 Å². The van der Waals surface area contributed by atoms with E-state index in [-0.39, 0.29) is 23.6 Å². The molecule has 5 nitrogen and oxygen atoms in total. The second-order valence-corrected chi connectivity index (χ2v) is 4.34. The first-order valence-corrected chi connectivity index (χ1v) is 6.19.